The van der Waals surface area contributed by atoms with Crippen molar-refractivity contribution < 1.29 is 19.1 Å². The van der Waals surface area contributed by atoms with E-state index in [4.69, 9.17) is 0 Å². The highest BCUT2D eigenvalue weighted by Crippen LogP contribution is 2.29. The van der Waals surface area contributed by atoms with E-state index >= 15 is 0 Å². The van der Waals surface area contributed by atoms with Crippen LogP contribution in [0.15, 0.2) is 28.8 Å². The first-order valence-corrected chi connectivity index (χ1v) is 10.6. The quantitative estimate of drug-likeness (QED) is 0.428. The van der Waals surface area contributed by atoms with Gasteiger partial charge in [0.15, 0.2) is 23.1 Å². The normalized spacial score (nSPS) is 13.8. The van der Waals surface area contributed by atoms with Gasteiger partial charge in [0.25, 0.3) is 0 Å². The number of nitrogens with zero attached hydrogens (tertiary/aromatic N) is 7. The van der Waals surface area contributed by atoms with Crippen LogP contribution >= 0.6 is 23.1 Å². The first-order valence-electron chi connectivity index (χ1n) is 9.01. The van der Waals surface area contributed by atoms with Gasteiger partial charge >= 0.3 is 5.97 Å². The molecule has 4 aromatic rings. The summed E-state index contributed by atoms with van der Waals surface area (Å²) in [6, 6.07) is 0.957. The molecule has 1 aliphatic heterocycles. The van der Waals surface area contributed by atoms with Crippen LogP contribution in [0.25, 0.3) is 16.2 Å². The number of nitrogens with one attached hydrogen (secondary N) is 1. The number of carboxylic acids is 1. The number of carbonyl (C=O) groups excluding carboxylic acids is 1. The van der Waals surface area contributed by atoms with Crippen molar-refractivity contribution >= 4 is 57.6 Å². The minimum Gasteiger partial charge on any atom is -0.477 e. The van der Waals surface area contributed by atoms with Crippen molar-refractivity contribution in [1.29, 1.82) is 0 Å². The van der Waals surface area contributed by atoms with Crippen LogP contribution < -0.4 is 15.6 Å². The Kier molecular flexibility index (Phi) is 4.82. The highest BCUT2D eigenvalue weighted by molar-refractivity contribution is 7.08. The second-order valence-electron chi connectivity index (χ2n) is 6.82. The largest absolute Gasteiger partial charge is 0.477 e. The molecule has 0 saturated carbocycles. The third-order valence-electron chi connectivity index (χ3n) is 4.86. The molecule has 2 N–H and O–H groups in total. The van der Waals surface area contributed by atoms with E-state index in [0.717, 1.165) is 35.3 Å². The highest BCUT2D eigenvalue weighted by Gasteiger charge is 2.35. The number of carboxylic acid groups (broad SMARTS) is 1. The number of hydrogen-bond acceptors (Lipinski definition) is 11. The Bertz CT molecular complexity index is 1400. The van der Waals surface area contributed by atoms with Crippen molar-refractivity contribution in [2.24, 2.45) is 5.92 Å². The summed E-state index contributed by atoms with van der Waals surface area (Å²) in [4.78, 5) is 46.3. The molecular weight excluding hydrogens is 463 g/mol. The Morgan fingerprint density at radius 1 is 1.31 bits per heavy atom. The summed E-state index contributed by atoms with van der Waals surface area (Å²) in [5.41, 5.74) is -1.36. The van der Waals surface area contributed by atoms with Crippen LogP contribution in [0.3, 0.4) is 0 Å². The number of rotatable bonds is 5. The lowest BCUT2D eigenvalue weighted by Crippen LogP contribution is -2.52. The fourth-order valence-corrected chi connectivity index (χ4v) is 4.17. The number of carbonyl (C=O) groups is 2. The first kappa shape index (κ1) is 20.1. The van der Waals surface area contributed by atoms with Crippen molar-refractivity contribution in [1.82, 2.24) is 28.5 Å². The number of hydrogen-bond donors (Lipinski definition) is 2. The number of anilines is 2. The summed E-state index contributed by atoms with van der Waals surface area (Å²) in [6.07, 6.45) is 2.36. The van der Waals surface area contributed by atoms with E-state index < -0.39 is 28.7 Å². The van der Waals surface area contributed by atoms with Crippen molar-refractivity contribution in [3.05, 3.63) is 45.6 Å². The molecule has 0 aliphatic carbocycles. The molecule has 0 radical (unpaired) electrons. The van der Waals surface area contributed by atoms with E-state index in [1.807, 2.05) is 0 Å². The van der Waals surface area contributed by atoms with Gasteiger partial charge in [-0.15, -0.1) is 5.10 Å². The molecule has 1 aliphatic rings. The molecule has 162 valence electrons. The molecule has 32 heavy (non-hydrogen) atoms. The Morgan fingerprint density at radius 3 is 2.78 bits per heavy atom. The first-order chi connectivity index (χ1) is 15.4. The summed E-state index contributed by atoms with van der Waals surface area (Å²) >= 11 is 2.06. The third-order valence-corrected chi connectivity index (χ3v) is 6.03. The molecule has 1 saturated heterocycles. The fraction of sp³-hybridized carbons (Fsp3) is 0.176. The van der Waals surface area contributed by atoms with Gasteiger partial charge < -0.3 is 15.3 Å². The highest BCUT2D eigenvalue weighted by atomic mass is 32.1. The van der Waals surface area contributed by atoms with Crippen LogP contribution in [0, 0.1) is 11.7 Å². The summed E-state index contributed by atoms with van der Waals surface area (Å²) in [5.74, 6) is -2.64. The summed E-state index contributed by atoms with van der Waals surface area (Å²) in [7, 11) is 0. The van der Waals surface area contributed by atoms with Crippen LogP contribution in [-0.2, 0) is 4.79 Å². The fourth-order valence-electron chi connectivity index (χ4n) is 3.27. The van der Waals surface area contributed by atoms with Crippen LogP contribution in [0.2, 0.25) is 0 Å². The van der Waals surface area contributed by atoms with E-state index in [-0.39, 0.29) is 41.0 Å². The number of aromatic carboxylic acids is 1. The molecular formula is C17H11FN8O4S2. The summed E-state index contributed by atoms with van der Waals surface area (Å²) in [6.45, 7) is 0.407. The zero-order valence-corrected chi connectivity index (χ0v) is 17.4. The van der Waals surface area contributed by atoms with Crippen LogP contribution in [0.5, 0.6) is 0 Å². The molecule has 15 heteroatoms. The van der Waals surface area contributed by atoms with Crippen molar-refractivity contribution in [2.45, 2.75) is 0 Å². The summed E-state index contributed by atoms with van der Waals surface area (Å²) in [5, 5.41) is 17.4. The minimum absolute atomic E-state index is 0.0367. The Hall–Kier alpha value is -3.85. The lowest BCUT2D eigenvalue weighted by atomic mass is 9.99. The van der Waals surface area contributed by atoms with Gasteiger partial charge in [0.2, 0.25) is 16.5 Å². The zero-order chi connectivity index (χ0) is 22.4. The van der Waals surface area contributed by atoms with Gasteiger partial charge in [-0.2, -0.15) is 4.37 Å². The smallest absolute Gasteiger partial charge is 0.341 e. The lowest BCUT2D eigenvalue weighted by molar-refractivity contribution is -0.120. The van der Waals surface area contributed by atoms with Gasteiger partial charge in [-0.25, -0.2) is 19.2 Å². The number of amides is 1. The molecule has 0 aromatic carbocycles. The molecule has 5 rings (SSSR count). The average molecular weight is 474 g/mol. The molecule has 0 unspecified atom stereocenters. The minimum atomic E-state index is -1.45. The van der Waals surface area contributed by atoms with E-state index in [2.05, 4.69) is 29.2 Å². The Balaban J connectivity index is 1.50. The Morgan fingerprint density at radius 2 is 2.12 bits per heavy atom. The standard InChI is InChI=1S/C17H11FN8O4S2/c18-10-1-8-12(27)9(16(29)30)4-26(17-19-6-20-32-17)13(8)22-14(10)25-2-7(3-25)15(28)21-11-5-31-24-23-11/h1,4-7H,2-3H2,(H,21,28)(H,29,30). The maximum Gasteiger partial charge on any atom is 0.341 e. The number of halogens is 1. The molecule has 1 fully saturated rings. The van der Waals surface area contributed by atoms with Crippen LogP contribution in [0.4, 0.5) is 16.0 Å². The van der Waals surface area contributed by atoms with Gasteiger partial charge in [-0.1, -0.05) is 4.49 Å². The van der Waals surface area contributed by atoms with Gasteiger partial charge in [0, 0.05) is 30.8 Å². The van der Waals surface area contributed by atoms with E-state index in [9.17, 15) is 23.9 Å². The molecule has 0 spiro atoms. The second-order valence-corrected chi connectivity index (χ2v) is 8.19. The van der Waals surface area contributed by atoms with Crippen molar-refractivity contribution in [3.63, 3.8) is 0 Å². The van der Waals surface area contributed by atoms with E-state index in [1.165, 1.54) is 10.9 Å². The maximum atomic E-state index is 14.9. The molecule has 5 heterocycles. The molecule has 4 aromatic heterocycles. The molecule has 0 atom stereocenters. The van der Waals surface area contributed by atoms with Crippen LogP contribution in [-0.4, -0.2) is 58.6 Å². The van der Waals surface area contributed by atoms with Gasteiger partial charge in [-0.3, -0.25) is 14.2 Å². The predicted molar refractivity (Wildman–Crippen MR) is 112 cm³/mol. The van der Waals surface area contributed by atoms with E-state index in [1.54, 1.807) is 10.3 Å². The monoisotopic (exact) mass is 474 g/mol. The maximum absolute atomic E-state index is 14.9. The summed E-state index contributed by atoms with van der Waals surface area (Å²) < 4.78 is 23.7. The van der Waals surface area contributed by atoms with Crippen molar-refractivity contribution in [3.8, 4) is 5.13 Å². The molecule has 1 amide bonds. The third kappa shape index (κ3) is 3.36. The van der Waals surface area contributed by atoms with Crippen molar-refractivity contribution in [2.75, 3.05) is 23.3 Å². The lowest BCUT2D eigenvalue weighted by Gasteiger charge is -2.39. The molecule has 0 bridgehead atoms. The van der Waals surface area contributed by atoms with Crippen LogP contribution in [0.1, 0.15) is 10.4 Å². The van der Waals surface area contributed by atoms with Gasteiger partial charge in [-0.05, 0) is 17.6 Å². The molecule has 12 nitrogen and oxygen atoms in total. The number of fused-ring (bicyclic) bond motifs is 1. The second kappa shape index (κ2) is 7.69. The van der Waals surface area contributed by atoms with E-state index in [0.29, 0.717) is 5.82 Å². The average Bonchev–Trinajstić information content (AvgIpc) is 3.42. The number of pyridine rings is 2. The Labute approximate surface area is 185 Å². The number of aromatic nitrogens is 6. The van der Waals surface area contributed by atoms with Gasteiger partial charge in [0.05, 0.1) is 16.7 Å². The predicted octanol–water partition coefficient (Wildman–Crippen LogP) is 1.00. The topological polar surface area (TPSA) is 156 Å². The zero-order valence-electron chi connectivity index (χ0n) is 15.8. The SMILES string of the molecule is O=C(O)c1cn(-c2ncns2)c2nc(N3CC(C(=O)Nc4csnn4)C3)c(F)cc2c1=O. The van der Waals surface area contributed by atoms with Gasteiger partial charge in [0.1, 0.15) is 11.9 Å².